The van der Waals surface area contributed by atoms with Gasteiger partial charge in [0.05, 0.1) is 35.1 Å². The Bertz CT molecular complexity index is 1360. The molecule has 1 amide bonds. The Kier molecular flexibility index (Phi) is 6.42. The first-order chi connectivity index (χ1) is 16.2. The maximum Gasteiger partial charge on any atom is 0.307 e. The van der Waals surface area contributed by atoms with Crippen LogP contribution in [0.1, 0.15) is 32.9 Å². The molecule has 0 aliphatic rings. The van der Waals surface area contributed by atoms with Gasteiger partial charge < -0.3 is 5.32 Å². The molecule has 2 aromatic carbocycles. The Balaban J connectivity index is 1.46. The molecule has 9 nitrogen and oxygen atoms in total. The first kappa shape index (κ1) is 23.1. The zero-order chi connectivity index (χ0) is 24.4. The molecular weight excluding hydrogens is 463 g/mol. The molecule has 174 valence electrons. The van der Waals surface area contributed by atoms with Crippen molar-refractivity contribution in [3.05, 3.63) is 104 Å². The number of hydrogen-bond donors (Lipinski definition) is 1. The molecule has 0 saturated heterocycles. The molecule has 4 aromatic rings. The summed E-state index contributed by atoms with van der Waals surface area (Å²) < 4.78 is 17.2. The Morgan fingerprint density at radius 3 is 2.56 bits per heavy atom. The number of nitrogens with one attached hydrogen (secondary N) is 1. The number of rotatable bonds is 7. The van der Waals surface area contributed by atoms with Gasteiger partial charge in [0.1, 0.15) is 18.2 Å². The fraction of sp³-hybridized carbons (Fsp3) is 0.174. The minimum absolute atomic E-state index is 0.0837. The van der Waals surface area contributed by atoms with Gasteiger partial charge in [0.2, 0.25) is 0 Å². The molecule has 2 aromatic heterocycles. The van der Waals surface area contributed by atoms with Crippen LogP contribution in [0.3, 0.4) is 0 Å². The summed E-state index contributed by atoms with van der Waals surface area (Å²) in [5.74, 6) is -0.744. The first-order valence-corrected chi connectivity index (χ1v) is 10.6. The molecule has 0 bridgehead atoms. The average molecular weight is 483 g/mol. The van der Waals surface area contributed by atoms with Crippen molar-refractivity contribution in [2.24, 2.45) is 0 Å². The number of anilines is 1. The minimum Gasteiger partial charge on any atom is -0.319 e. The summed E-state index contributed by atoms with van der Waals surface area (Å²) in [7, 11) is 0. The highest BCUT2D eigenvalue weighted by atomic mass is 35.5. The van der Waals surface area contributed by atoms with Crippen LogP contribution in [0.4, 0.5) is 15.8 Å². The third-order valence-electron chi connectivity index (χ3n) is 5.38. The quantitative estimate of drug-likeness (QED) is 0.302. The monoisotopic (exact) mass is 482 g/mol. The third kappa shape index (κ3) is 4.81. The molecular formula is C23H20ClFN6O3. The Morgan fingerprint density at radius 2 is 1.91 bits per heavy atom. The normalized spacial score (nSPS) is 10.9. The van der Waals surface area contributed by atoms with Crippen molar-refractivity contribution in [1.82, 2.24) is 19.6 Å². The number of aromatic nitrogens is 4. The van der Waals surface area contributed by atoms with Crippen LogP contribution in [0.25, 0.3) is 0 Å². The SMILES string of the molecule is Cc1nn(Cc2c(F)cccc2Cl)c(C)c1NC(=O)c1ccc(Cn2cc([N+](=O)[O-])cn2)cc1. The standard InChI is InChI=1S/C23H20ClFN6O3/c1-14-22(15(2)30(28-14)13-19-20(24)4-3-5-21(19)25)27-23(32)17-8-6-16(7-9-17)11-29-12-18(10-26-29)31(33)34/h3-10,12H,11,13H2,1-2H3,(H,27,32). The zero-order valence-electron chi connectivity index (χ0n) is 18.3. The molecule has 0 radical (unpaired) electrons. The fourth-order valence-corrected chi connectivity index (χ4v) is 3.76. The highest BCUT2D eigenvalue weighted by Gasteiger charge is 2.17. The first-order valence-electron chi connectivity index (χ1n) is 10.3. The van der Waals surface area contributed by atoms with Gasteiger partial charge in [-0.2, -0.15) is 10.2 Å². The van der Waals surface area contributed by atoms with E-state index in [0.717, 1.165) is 5.56 Å². The molecule has 1 N–H and O–H groups in total. The predicted octanol–water partition coefficient (Wildman–Crippen LogP) is 4.75. The molecule has 34 heavy (non-hydrogen) atoms. The molecule has 4 rings (SSSR count). The van der Waals surface area contributed by atoms with Crippen LogP contribution >= 0.6 is 11.6 Å². The maximum atomic E-state index is 14.2. The zero-order valence-corrected chi connectivity index (χ0v) is 19.1. The van der Waals surface area contributed by atoms with E-state index in [2.05, 4.69) is 15.5 Å². The van der Waals surface area contributed by atoms with Gasteiger partial charge in [-0.3, -0.25) is 24.3 Å². The largest absolute Gasteiger partial charge is 0.319 e. The second-order valence-corrected chi connectivity index (χ2v) is 8.12. The van der Waals surface area contributed by atoms with Crippen molar-refractivity contribution in [2.75, 3.05) is 5.32 Å². The van der Waals surface area contributed by atoms with E-state index in [1.165, 1.54) is 29.2 Å². The van der Waals surface area contributed by atoms with Gasteiger partial charge >= 0.3 is 5.69 Å². The second-order valence-electron chi connectivity index (χ2n) is 7.71. The molecule has 0 fully saturated rings. The van der Waals surface area contributed by atoms with Crippen LogP contribution in [0.15, 0.2) is 54.9 Å². The van der Waals surface area contributed by atoms with Crippen LogP contribution in [0, 0.1) is 29.8 Å². The topological polar surface area (TPSA) is 108 Å². The maximum absolute atomic E-state index is 14.2. The number of hydrogen-bond acceptors (Lipinski definition) is 5. The number of carbonyl (C=O) groups is 1. The Hall–Kier alpha value is -4.05. The van der Waals surface area contributed by atoms with Crippen molar-refractivity contribution < 1.29 is 14.1 Å². The van der Waals surface area contributed by atoms with E-state index < -0.39 is 10.7 Å². The van der Waals surface area contributed by atoms with Crippen molar-refractivity contribution >= 4 is 28.9 Å². The van der Waals surface area contributed by atoms with Crippen LogP contribution < -0.4 is 5.32 Å². The van der Waals surface area contributed by atoms with E-state index in [9.17, 15) is 19.3 Å². The average Bonchev–Trinajstić information content (AvgIpc) is 3.37. The van der Waals surface area contributed by atoms with Gasteiger partial charge in [-0.1, -0.05) is 29.8 Å². The van der Waals surface area contributed by atoms with E-state index in [0.29, 0.717) is 39.8 Å². The highest BCUT2D eigenvalue weighted by molar-refractivity contribution is 6.31. The lowest BCUT2D eigenvalue weighted by atomic mass is 10.1. The fourth-order valence-electron chi connectivity index (χ4n) is 3.53. The van der Waals surface area contributed by atoms with Crippen LogP contribution in [0.5, 0.6) is 0 Å². The third-order valence-corrected chi connectivity index (χ3v) is 5.73. The van der Waals surface area contributed by atoms with Crippen LogP contribution in [-0.4, -0.2) is 30.4 Å². The summed E-state index contributed by atoms with van der Waals surface area (Å²) in [6, 6.07) is 11.3. The van der Waals surface area contributed by atoms with E-state index in [-0.39, 0.29) is 18.1 Å². The van der Waals surface area contributed by atoms with E-state index in [1.807, 2.05) is 0 Å². The second kappa shape index (κ2) is 9.44. The van der Waals surface area contributed by atoms with Crippen molar-refractivity contribution in [1.29, 1.82) is 0 Å². The van der Waals surface area contributed by atoms with E-state index >= 15 is 0 Å². The molecule has 0 aliphatic heterocycles. The summed E-state index contributed by atoms with van der Waals surface area (Å²) in [5.41, 5.74) is 3.31. The number of amides is 1. The number of aryl methyl sites for hydroxylation is 1. The lowest BCUT2D eigenvalue weighted by Gasteiger charge is -2.09. The molecule has 0 aliphatic carbocycles. The van der Waals surface area contributed by atoms with Crippen LogP contribution in [-0.2, 0) is 13.1 Å². The summed E-state index contributed by atoms with van der Waals surface area (Å²) in [4.78, 5) is 23.1. The Labute approximate surface area is 198 Å². The van der Waals surface area contributed by atoms with Crippen LogP contribution in [0.2, 0.25) is 5.02 Å². The predicted molar refractivity (Wildman–Crippen MR) is 125 cm³/mol. The lowest BCUT2D eigenvalue weighted by Crippen LogP contribution is -2.13. The van der Waals surface area contributed by atoms with Gasteiger partial charge in [0.25, 0.3) is 5.91 Å². The Morgan fingerprint density at radius 1 is 1.18 bits per heavy atom. The summed E-state index contributed by atoms with van der Waals surface area (Å²) in [6.45, 7) is 4.01. The summed E-state index contributed by atoms with van der Waals surface area (Å²) in [5, 5.41) is 22.4. The van der Waals surface area contributed by atoms with Crippen molar-refractivity contribution in [3.8, 4) is 0 Å². The smallest absolute Gasteiger partial charge is 0.307 e. The molecule has 0 spiro atoms. The number of nitrogens with zero attached hydrogens (tertiary/aromatic N) is 5. The van der Waals surface area contributed by atoms with E-state index in [1.54, 1.807) is 48.9 Å². The highest BCUT2D eigenvalue weighted by Crippen LogP contribution is 2.25. The lowest BCUT2D eigenvalue weighted by molar-refractivity contribution is -0.385. The summed E-state index contributed by atoms with van der Waals surface area (Å²) in [6.07, 6.45) is 2.53. The van der Waals surface area contributed by atoms with Gasteiger partial charge in [-0.15, -0.1) is 0 Å². The molecule has 0 saturated carbocycles. The van der Waals surface area contributed by atoms with Gasteiger partial charge in [0.15, 0.2) is 0 Å². The van der Waals surface area contributed by atoms with Gasteiger partial charge in [-0.05, 0) is 43.7 Å². The van der Waals surface area contributed by atoms with Crippen molar-refractivity contribution in [3.63, 3.8) is 0 Å². The molecule has 2 heterocycles. The number of halogens is 2. The number of benzene rings is 2. The summed E-state index contributed by atoms with van der Waals surface area (Å²) >= 11 is 6.14. The van der Waals surface area contributed by atoms with Gasteiger partial charge in [-0.25, -0.2) is 4.39 Å². The molecule has 0 unspecified atom stereocenters. The van der Waals surface area contributed by atoms with Crippen molar-refractivity contribution in [2.45, 2.75) is 26.9 Å². The number of nitro groups is 1. The number of carbonyl (C=O) groups excluding carboxylic acids is 1. The van der Waals surface area contributed by atoms with Gasteiger partial charge in [0, 0.05) is 16.1 Å². The minimum atomic E-state index is -0.506. The molecule has 0 atom stereocenters. The van der Waals surface area contributed by atoms with E-state index in [4.69, 9.17) is 11.6 Å². The molecule has 11 heteroatoms.